The zero-order valence-corrected chi connectivity index (χ0v) is 8.32. The van der Waals surface area contributed by atoms with E-state index in [1.807, 2.05) is 6.92 Å². The minimum atomic E-state index is -1.23. The summed E-state index contributed by atoms with van der Waals surface area (Å²) in [5, 5.41) is 10.2. The number of rotatable bonds is 0. The van der Waals surface area contributed by atoms with Crippen molar-refractivity contribution in [3.05, 3.63) is 0 Å². The second kappa shape index (κ2) is 2.21. The summed E-state index contributed by atoms with van der Waals surface area (Å²) in [4.78, 5) is 11.8. The highest BCUT2D eigenvalue weighted by Gasteiger charge is 2.68. The molecule has 1 aliphatic carbocycles. The Kier molecular flexibility index (Phi) is 1.39. The summed E-state index contributed by atoms with van der Waals surface area (Å²) < 4.78 is 11.1. The molecule has 1 unspecified atom stereocenters. The van der Waals surface area contributed by atoms with E-state index < -0.39 is 17.7 Å². The number of hydrogen-bond acceptors (Lipinski definition) is 4. The van der Waals surface area contributed by atoms with Gasteiger partial charge in [0.2, 0.25) is 0 Å². The van der Waals surface area contributed by atoms with Gasteiger partial charge in [-0.3, -0.25) is 4.79 Å². The van der Waals surface area contributed by atoms with Gasteiger partial charge in [0.15, 0.2) is 12.1 Å². The van der Waals surface area contributed by atoms with Gasteiger partial charge in [-0.15, -0.1) is 0 Å². The molecule has 0 radical (unpaired) electrons. The third kappa shape index (κ3) is 0.782. The van der Waals surface area contributed by atoms with Gasteiger partial charge in [0.05, 0.1) is 0 Å². The Bertz CT molecular complexity index is 315. The molecule has 0 spiro atoms. The number of fused-ring (bicyclic) bond motifs is 2. The van der Waals surface area contributed by atoms with Gasteiger partial charge in [0.25, 0.3) is 0 Å². The number of ketones is 1. The lowest BCUT2D eigenvalue weighted by molar-refractivity contribution is -0.266. The van der Waals surface area contributed by atoms with Gasteiger partial charge in [-0.05, 0) is 6.92 Å². The van der Waals surface area contributed by atoms with Crippen LogP contribution in [0, 0.1) is 11.8 Å². The number of ether oxygens (including phenoxy) is 2. The van der Waals surface area contributed by atoms with Crippen LogP contribution in [0.5, 0.6) is 0 Å². The van der Waals surface area contributed by atoms with Crippen LogP contribution in [0.3, 0.4) is 0 Å². The molecule has 1 N–H and O–H groups in total. The first-order valence-corrected chi connectivity index (χ1v) is 5.06. The van der Waals surface area contributed by atoms with E-state index in [9.17, 15) is 9.90 Å². The Morgan fingerprint density at radius 2 is 2.21 bits per heavy atom. The topological polar surface area (TPSA) is 55.8 Å². The van der Waals surface area contributed by atoms with Gasteiger partial charge in [-0.25, -0.2) is 0 Å². The molecule has 0 aromatic heterocycles. The molecule has 2 aliphatic heterocycles. The van der Waals surface area contributed by atoms with Crippen LogP contribution in [0.15, 0.2) is 0 Å². The average molecular weight is 198 g/mol. The summed E-state index contributed by atoms with van der Waals surface area (Å²) in [6, 6.07) is 0. The lowest BCUT2D eigenvalue weighted by atomic mass is 9.70. The van der Waals surface area contributed by atoms with Crippen LogP contribution >= 0.6 is 0 Å². The maximum absolute atomic E-state index is 11.8. The first kappa shape index (κ1) is 8.83. The highest BCUT2D eigenvalue weighted by atomic mass is 16.8. The van der Waals surface area contributed by atoms with Crippen LogP contribution in [0.2, 0.25) is 0 Å². The van der Waals surface area contributed by atoms with Crippen molar-refractivity contribution in [1.29, 1.82) is 0 Å². The Morgan fingerprint density at radius 1 is 1.50 bits per heavy atom. The van der Waals surface area contributed by atoms with Gasteiger partial charge < -0.3 is 14.6 Å². The molecule has 4 nitrogen and oxygen atoms in total. The Hall–Kier alpha value is -0.450. The molecule has 3 aliphatic rings. The van der Waals surface area contributed by atoms with Gasteiger partial charge in [0.1, 0.15) is 11.4 Å². The summed E-state index contributed by atoms with van der Waals surface area (Å²) in [7, 11) is 0. The lowest BCUT2D eigenvalue weighted by Gasteiger charge is -2.44. The van der Waals surface area contributed by atoms with E-state index in [1.165, 1.54) is 0 Å². The fourth-order valence-corrected chi connectivity index (χ4v) is 2.89. The number of carbonyl (C=O) groups excluding carboxylic acids is 1. The number of hydrogen-bond donors (Lipinski definition) is 1. The molecule has 2 heterocycles. The predicted molar refractivity (Wildman–Crippen MR) is 46.2 cm³/mol. The van der Waals surface area contributed by atoms with Crippen LogP contribution in [-0.4, -0.2) is 28.6 Å². The molecule has 3 fully saturated rings. The normalized spacial score (nSPS) is 60.8. The van der Waals surface area contributed by atoms with Crippen LogP contribution in [-0.2, 0) is 14.3 Å². The van der Waals surface area contributed by atoms with E-state index in [1.54, 1.807) is 6.92 Å². The third-order valence-corrected chi connectivity index (χ3v) is 4.00. The molecular weight excluding hydrogens is 184 g/mol. The van der Waals surface area contributed by atoms with E-state index in [4.69, 9.17) is 9.47 Å². The van der Waals surface area contributed by atoms with Crippen molar-refractivity contribution in [2.45, 2.75) is 44.4 Å². The first-order chi connectivity index (χ1) is 6.45. The lowest BCUT2D eigenvalue weighted by Crippen LogP contribution is -2.58. The summed E-state index contributed by atoms with van der Waals surface area (Å²) in [5.74, 6) is -1.06. The highest BCUT2D eigenvalue weighted by molar-refractivity contribution is 5.84. The van der Waals surface area contributed by atoms with E-state index in [-0.39, 0.29) is 24.0 Å². The van der Waals surface area contributed by atoms with Crippen molar-refractivity contribution in [2.75, 3.05) is 0 Å². The predicted octanol–water partition coefficient (Wildman–Crippen LogP) is 0.435. The van der Waals surface area contributed by atoms with Gasteiger partial charge in [-0.2, -0.15) is 0 Å². The quantitative estimate of drug-likeness (QED) is 0.613. The fourth-order valence-electron chi connectivity index (χ4n) is 2.89. The Morgan fingerprint density at radius 3 is 2.93 bits per heavy atom. The molecule has 78 valence electrons. The minimum absolute atomic E-state index is 0.0621. The Balaban J connectivity index is 2.11. The summed E-state index contributed by atoms with van der Waals surface area (Å²) in [6.07, 6.45) is 0.254. The monoisotopic (exact) mass is 198 g/mol. The highest BCUT2D eigenvalue weighted by Crippen LogP contribution is 2.55. The van der Waals surface area contributed by atoms with Crippen molar-refractivity contribution in [2.24, 2.45) is 11.8 Å². The molecule has 5 atom stereocenters. The number of carbonyl (C=O) groups is 1. The Labute approximate surface area is 82.2 Å². The summed E-state index contributed by atoms with van der Waals surface area (Å²) >= 11 is 0. The summed E-state index contributed by atoms with van der Waals surface area (Å²) in [6.45, 7) is 3.71. The van der Waals surface area contributed by atoms with Crippen molar-refractivity contribution < 1.29 is 19.4 Å². The first-order valence-electron chi connectivity index (χ1n) is 5.06. The molecule has 3 rings (SSSR count). The standard InChI is InChI=1S/C10H14O4/c1-5-6-3-10(12)9(2,4-7(6)11)13-8(5)14-10/h5-6,8,12H,3-4H2,1-2H3/t5?,6-,8+,9+,10-/m1/s1. The van der Waals surface area contributed by atoms with E-state index in [2.05, 4.69) is 0 Å². The molecule has 1 saturated carbocycles. The molecule has 0 aromatic rings. The third-order valence-electron chi connectivity index (χ3n) is 4.00. The van der Waals surface area contributed by atoms with Crippen LogP contribution in [0.4, 0.5) is 0 Å². The fraction of sp³-hybridized carbons (Fsp3) is 0.900. The molecule has 14 heavy (non-hydrogen) atoms. The van der Waals surface area contributed by atoms with Crippen molar-refractivity contribution in [3.8, 4) is 0 Å². The van der Waals surface area contributed by atoms with E-state index in [0.29, 0.717) is 6.42 Å². The molecule has 4 heteroatoms. The van der Waals surface area contributed by atoms with Crippen LogP contribution < -0.4 is 0 Å². The molecular formula is C10H14O4. The van der Waals surface area contributed by atoms with Gasteiger partial charge in [0, 0.05) is 24.7 Å². The average Bonchev–Trinajstić information content (AvgIpc) is 2.26. The minimum Gasteiger partial charge on any atom is -0.363 e. The second-order valence-electron chi connectivity index (χ2n) is 4.93. The zero-order valence-electron chi connectivity index (χ0n) is 8.32. The largest absolute Gasteiger partial charge is 0.363 e. The van der Waals surface area contributed by atoms with E-state index in [0.717, 1.165) is 0 Å². The second-order valence-corrected chi connectivity index (χ2v) is 4.93. The van der Waals surface area contributed by atoms with Crippen molar-refractivity contribution in [1.82, 2.24) is 0 Å². The molecule has 2 saturated heterocycles. The van der Waals surface area contributed by atoms with Gasteiger partial charge in [-0.1, -0.05) is 6.92 Å². The SMILES string of the molecule is CC1[C@@H]2O[C@]3(O)C[C@H]1C(=O)C[C@]3(C)O2. The number of aliphatic hydroxyl groups is 1. The maximum Gasteiger partial charge on any atom is 0.198 e. The summed E-state index contributed by atoms with van der Waals surface area (Å²) in [5.41, 5.74) is -0.823. The van der Waals surface area contributed by atoms with Gasteiger partial charge >= 0.3 is 0 Å². The zero-order chi connectivity index (χ0) is 10.1. The van der Waals surface area contributed by atoms with Crippen molar-refractivity contribution >= 4 is 5.78 Å². The van der Waals surface area contributed by atoms with Crippen molar-refractivity contribution in [3.63, 3.8) is 0 Å². The number of Topliss-reactive ketones (excluding diaryl/α,β-unsaturated/α-hetero) is 1. The van der Waals surface area contributed by atoms with Crippen LogP contribution in [0.25, 0.3) is 0 Å². The molecule has 0 amide bonds. The van der Waals surface area contributed by atoms with Crippen LogP contribution in [0.1, 0.15) is 26.7 Å². The smallest absolute Gasteiger partial charge is 0.198 e. The molecule has 0 aromatic carbocycles. The van der Waals surface area contributed by atoms with E-state index >= 15 is 0 Å². The maximum atomic E-state index is 11.8. The molecule has 3 bridgehead atoms.